The van der Waals surface area contributed by atoms with Gasteiger partial charge in [-0.15, -0.1) is 0 Å². The number of hydrogen-bond donors (Lipinski definition) is 2. The van der Waals surface area contributed by atoms with Gasteiger partial charge in [-0.25, -0.2) is 8.42 Å². The normalized spacial score (nSPS) is 12.5. The molecule has 0 fully saturated rings. The first-order chi connectivity index (χ1) is 13.0. The molecule has 0 aliphatic heterocycles. The van der Waals surface area contributed by atoms with Gasteiger partial charge >= 0.3 is 5.97 Å². The zero-order valence-electron chi connectivity index (χ0n) is 15.1. The Bertz CT molecular complexity index is 986. The van der Waals surface area contributed by atoms with Crippen molar-refractivity contribution in [2.45, 2.75) is 31.8 Å². The number of esters is 1. The van der Waals surface area contributed by atoms with Crippen molar-refractivity contribution in [3.63, 3.8) is 0 Å². The second-order valence-electron chi connectivity index (χ2n) is 5.72. The van der Waals surface area contributed by atoms with Crippen molar-refractivity contribution in [1.82, 2.24) is 9.88 Å². The second-order valence-corrected chi connectivity index (χ2v) is 8.27. The van der Waals surface area contributed by atoms with Crippen LogP contribution in [0.4, 0.5) is 5.69 Å². The largest absolute Gasteiger partial charge is 0.452 e. The Balaban J connectivity index is 1.93. The molecule has 0 spiro atoms. The van der Waals surface area contributed by atoms with E-state index < -0.39 is 34.5 Å². The molecule has 152 valence electrons. The van der Waals surface area contributed by atoms with Crippen LogP contribution in [0.15, 0.2) is 27.6 Å². The average molecular weight is 450 g/mol. The molecule has 2 rings (SSSR count). The molecule has 1 atom stereocenters. The SMILES string of the molecule is Cc1noc(C)c1S(=O)(=O)NCC(=O)O[C@@H](C)C(=O)Nc1cc(Cl)ccc1Cl. The van der Waals surface area contributed by atoms with Gasteiger partial charge in [0.25, 0.3) is 5.91 Å². The van der Waals surface area contributed by atoms with Crippen LogP contribution in [-0.2, 0) is 24.3 Å². The number of halogens is 2. The monoisotopic (exact) mass is 449 g/mol. The fraction of sp³-hybridized carbons (Fsp3) is 0.312. The van der Waals surface area contributed by atoms with E-state index in [1.54, 1.807) is 6.07 Å². The number of rotatable bonds is 7. The van der Waals surface area contributed by atoms with Crippen LogP contribution in [0, 0.1) is 13.8 Å². The van der Waals surface area contributed by atoms with Crippen LogP contribution in [-0.4, -0.2) is 38.1 Å². The minimum atomic E-state index is -4.03. The van der Waals surface area contributed by atoms with Gasteiger partial charge in [0.05, 0.1) is 10.7 Å². The third-order valence-electron chi connectivity index (χ3n) is 3.51. The van der Waals surface area contributed by atoms with Gasteiger partial charge in [0.2, 0.25) is 10.0 Å². The number of carbonyl (C=O) groups is 2. The van der Waals surface area contributed by atoms with Crippen LogP contribution in [0.25, 0.3) is 0 Å². The first kappa shape index (κ1) is 22.2. The summed E-state index contributed by atoms with van der Waals surface area (Å²) in [4.78, 5) is 23.9. The van der Waals surface area contributed by atoms with Crippen molar-refractivity contribution in [2.24, 2.45) is 0 Å². The molecule has 2 aromatic rings. The third-order valence-corrected chi connectivity index (χ3v) is 5.72. The van der Waals surface area contributed by atoms with E-state index in [1.807, 2.05) is 0 Å². The summed E-state index contributed by atoms with van der Waals surface area (Å²) in [5.74, 6) is -1.52. The maximum atomic E-state index is 12.2. The van der Waals surface area contributed by atoms with Gasteiger partial charge in [-0.1, -0.05) is 28.4 Å². The highest BCUT2D eigenvalue weighted by Gasteiger charge is 2.26. The Kier molecular flexibility index (Phi) is 7.05. The molecule has 1 aromatic carbocycles. The fourth-order valence-corrected chi connectivity index (χ4v) is 3.84. The molecule has 2 N–H and O–H groups in total. The van der Waals surface area contributed by atoms with Gasteiger partial charge in [0.1, 0.15) is 17.1 Å². The quantitative estimate of drug-likeness (QED) is 0.621. The molecule has 1 amide bonds. The van der Waals surface area contributed by atoms with E-state index in [-0.39, 0.29) is 27.1 Å². The van der Waals surface area contributed by atoms with Gasteiger partial charge in [0.15, 0.2) is 11.9 Å². The average Bonchev–Trinajstić information content (AvgIpc) is 2.95. The molecular weight excluding hydrogens is 433 g/mol. The fourth-order valence-electron chi connectivity index (χ4n) is 2.20. The molecular formula is C16H17Cl2N3O6S. The predicted molar refractivity (Wildman–Crippen MR) is 102 cm³/mol. The summed E-state index contributed by atoms with van der Waals surface area (Å²) in [7, 11) is -4.03. The number of aryl methyl sites for hydroxylation is 2. The van der Waals surface area contributed by atoms with Crippen molar-refractivity contribution in [3.8, 4) is 0 Å². The standard InChI is InChI=1S/C16H17Cl2N3O6S/c1-8-15(9(2)27-21-8)28(24,25)19-7-14(22)26-10(3)16(23)20-13-6-11(17)4-5-12(13)18/h4-6,10,19H,7H2,1-3H3,(H,20,23)/t10-/m0/s1. The van der Waals surface area contributed by atoms with E-state index in [1.165, 1.54) is 32.9 Å². The minimum absolute atomic E-state index is 0.0875. The molecule has 1 heterocycles. The van der Waals surface area contributed by atoms with Crippen molar-refractivity contribution in [1.29, 1.82) is 0 Å². The number of benzene rings is 1. The molecule has 12 heteroatoms. The lowest BCUT2D eigenvalue weighted by Gasteiger charge is -2.14. The van der Waals surface area contributed by atoms with Crippen LogP contribution in [0.3, 0.4) is 0 Å². The molecule has 0 unspecified atom stereocenters. The number of anilines is 1. The summed E-state index contributed by atoms with van der Waals surface area (Å²) in [5.41, 5.74) is 0.408. The number of nitrogens with one attached hydrogen (secondary N) is 2. The van der Waals surface area contributed by atoms with Crippen LogP contribution in [0.5, 0.6) is 0 Å². The van der Waals surface area contributed by atoms with Gasteiger partial charge in [-0.2, -0.15) is 4.72 Å². The highest BCUT2D eigenvalue weighted by atomic mass is 35.5. The Morgan fingerprint density at radius 2 is 1.96 bits per heavy atom. The van der Waals surface area contributed by atoms with Crippen molar-refractivity contribution in [3.05, 3.63) is 39.7 Å². The van der Waals surface area contributed by atoms with Crippen molar-refractivity contribution in [2.75, 3.05) is 11.9 Å². The highest BCUT2D eigenvalue weighted by Crippen LogP contribution is 2.25. The molecule has 28 heavy (non-hydrogen) atoms. The Morgan fingerprint density at radius 3 is 2.57 bits per heavy atom. The Hall–Kier alpha value is -2.14. The summed E-state index contributed by atoms with van der Waals surface area (Å²) in [6, 6.07) is 4.49. The zero-order chi connectivity index (χ0) is 21.1. The van der Waals surface area contributed by atoms with E-state index in [4.69, 9.17) is 32.5 Å². The topological polar surface area (TPSA) is 128 Å². The first-order valence-electron chi connectivity index (χ1n) is 7.89. The first-order valence-corrected chi connectivity index (χ1v) is 10.1. The van der Waals surface area contributed by atoms with Crippen molar-refractivity contribution < 1.29 is 27.3 Å². The lowest BCUT2D eigenvalue weighted by Crippen LogP contribution is -2.36. The van der Waals surface area contributed by atoms with E-state index in [2.05, 4.69) is 15.2 Å². The number of sulfonamides is 1. The van der Waals surface area contributed by atoms with E-state index in [0.29, 0.717) is 5.02 Å². The van der Waals surface area contributed by atoms with Crippen LogP contribution in [0.1, 0.15) is 18.4 Å². The lowest BCUT2D eigenvalue weighted by molar-refractivity contribution is -0.151. The van der Waals surface area contributed by atoms with Gasteiger partial charge in [0, 0.05) is 5.02 Å². The van der Waals surface area contributed by atoms with E-state index in [0.717, 1.165) is 0 Å². The summed E-state index contributed by atoms with van der Waals surface area (Å²) in [6.45, 7) is 3.54. The van der Waals surface area contributed by atoms with Gasteiger partial charge < -0.3 is 14.6 Å². The highest BCUT2D eigenvalue weighted by molar-refractivity contribution is 7.89. The lowest BCUT2D eigenvalue weighted by atomic mass is 10.3. The third kappa shape index (κ3) is 5.44. The maximum Gasteiger partial charge on any atom is 0.321 e. The summed E-state index contributed by atoms with van der Waals surface area (Å²) in [5, 5.41) is 6.64. The molecule has 1 aromatic heterocycles. The minimum Gasteiger partial charge on any atom is -0.452 e. The number of carbonyl (C=O) groups excluding carboxylic acids is 2. The summed E-state index contributed by atoms with van der Waals surface area (Å²) < 4.78 is 36.3. The number of amides is 1. The number of aromatic nitrogens is 1. The number of hydrogen-bond acceptors (Lipinski definition) is 7. The molecule has 0 aliphatic rings. The van der Waals surface area contributed by atoms with E-state index >= 15 is 0 Å². The second kappa shape index (κ2) is 8.91. The van der Waals surface area contributed by atoms with E-state index in [9.17, 15) is 18.0 Å². The van der Waals surface area contributed by atoms with Crippen LogP contribution in [0.2, 0.25) is 10.0 Å². The Morgan fingerprint density at radius 1 is 1.29 bits per heavy atom. The van der Waals surface area contributed by atoms with Gasteiger partial charge in [-0.05, 0) is 39.0 Å². The number of nitrogens with zero attached hydrogens (tertiary/aromatic N) is 1. The zero-order valence-corrected chi connectivity index (χ0v) is 17.4. The molecule has 0 bridgehead atoms. The Labute approximate surface area is 171 Å². The van der Waals surface area contributed by atoms with Crippen LogP contribution >= 0.6 is 23.2 Å². The smallest absolute Gasteiger partial charge is 0.321 e. The molecule has 0 saturated heterocycles. The van der Waals surface area contributed by atoms with Crippen LogP contribution < -0.4 is 10.0 Å². The summed E-state index contributed by atoms with van der Waals surface area (Å²) in [6.07, 6.45) is -1.20. The predicted octanol–water partition coefficient (Wildman–Crippen LogP) is 2.45. The molecule has 0 saturated carbocycles. The van der Waals surface area contributed by atoms with Gasteiger partial charge in [-0.3, -0.25) is 9.59 Å². The summed E-state index contributed by atoms with van der Waals surface area (Å²) >= 11 is 11.8. The molecule has 0 aliphatic carbocycles. The van der Waals surface area contributed by atoms with Crippen molar-refractivity contribution >= 4 is 50.8 Å². The maximum absolute atomic E-state index is 12.2. The molecule has 9 nitrogen and oxygen atoms in total. The molecule has 0 radical (unpaired) electrons. The number of ether oxygens (including phenoxy) is 1.